The summed E-state index contributed by atoms with van der Waals surface area (Å²) in [6.45, 7) is 2.32. The minimum absolute atomic E-state index is 0.214. The van der Waals surface area contributed by atoms with Crippen LogP contribution in [-0.4, -0.2) is 27.2 Å². The number of hydrogen-bond donors (Lipinski definition) is 1. The molecule has 0 spiro atoms. The van der Waals surface area contributed by atoms with Gasteiger partial charge in [-0.2, -0.15) is 0 Å². The lowest BCUT2D eigenvalue weighted by atomic mass is 10.1. The Morgan fingerprint density at radius 1 is 1.03 bits per heavy atom. The summed E-state index contributed by atoms with van der Waals surface area (Å²) < 4.78 is 21.9. The van der Waals surface area contributed by atoms with Crippen molar-refractivity contribution in [3.63, 3.8) is 0 Å². The topological polar surface area (TPSA) is 69.9 Å². The van der Waals surface area contributed by atoms with E-state index in [1.807, 2.05) is 31.2 Å². The van der Waals surface area contributed by atoms with E-state index in [4.69, 9.17) is 18.6 Å². The van der Waals surface area contributed by atoms with Crippen molar-refractivity contribution < 1.29 is 23.4 Å². The Morgan fingerprint density at radius 3 is 2.41 bits per heavy atom. The van der Waals surface area contributed by atoms with Gasteiger partial charge in [-0.1, -0.05) is 25.1 Å². The summed E-state index contributed by atoms with van der Waals surface area (Å²) in [5.41, 5.74) is 2.54. The molecule has 0 bridgehead atoms. The molecule has 2 aromatic carbocycles. The minimum Gasteiger partial charge on any atom is -0.496 e. The second-order valence-electron chi connectivity index (χ2n) is 6.36. The number of nitrogens with one attached hydrogen (secondary N) is 1. The lowest BCUT2D eigenvalue weighted by Gasteiger charge is -2.14. The SMILES string of the molecule is CCc1oc2ccccc2c1/C=C/C(=O)NCc1cc(OC)c(OC)cc1OC. The third-order valence-corrected chi connectivity index (χ3v) is 4.67. The molecule has 0 aliphatic carbocycles. The molecule has 1 heterocycles. The fraction of sp³-hybridized carbons (Fsp3) is 0.261. The molecule has 0 unspecified atom stereocenters. The van der Waals surface area contributed by atoms with E-state index in [2.05, 4.69) is 5.32 Å². The molecule has 0 radical (unpaired) electrons. The normalized spacial score (nSPS) is 11.0. The van der Waals surface area contributed by atoms with Crippen molar-refractivity contribution in [2.45, 2.75) is 19.9 Å². The molecule has 1 N–H and O–H groups in total. The maximum Gasteiger partial charge on any atom is 0.244 e. The van der Waals surface area contributed by atoms with E-state index in [0.29, 0.717) is 23.8 Å². The molecular weight excluding hydrogens is 370 g/mol. The molecule has 1 amide bonds. The molecule has 29 heavy (non-hydrogen) atoms. The van der Waals surface area contributed by atoms with Crippen LogP contribution >= 0.6 is 0 Å². The average molecular weight is 395 g/mol. The van der Waals surface area contributed by atoms with Crippen LogP contribution in [0.5, 0.6) is 17.2 Å². The summed E-state index contributed by atoms with van der Waals surface area (Å²) in [6.07, 6.45) is 4.06. The summed E-state index contributed by atoms with van der Waals surface area (Å²) in [7, 11) is 4.70. The molecule has 1 aromatic heterocycles. The van der Waals surface area contributed by atoms with Gasteiger partial charge in [0.05, 0.1) is 21.3 Å². The van der Waals surface area contributed by atoms with Crippen LogP contribution in [0.4, 0.5) is 0 Å². The third kappa shape index (κ3) is 4.37. The Hall–Kier alpha value is -3.41. The van der Waals surface area contributed by atoms with Gasteiger partial charge in [0.2, 0.25) is 5.91 Å². The predicted octanol–water partition coefficient (Wildman–Crippen LogP) is 4.35. The van der Waals surface area contributed by atoms with Crippen LogP contribution < -0.4 is 19.5 Å². The molecule has 0 saturated heterocycles. The molecule has 0 saturated carbocycles. The van der Waals surface area contributed by atoms with E-state index in [1.54, 1.807) is 39.5 Å². The number of amides is 1. The Kier molecular flexibility index (Phi) is 6.44. The first-order valence-electron chi connectivity index (χ1n) is 9.36. The highest BCUT2D eigenvalue weighted by molar-refractivity contribution is 5.96. The number of aryl methyl sites for hydroxylation is 1. The first-order valence-corrected chi connectivity index (χ1v) is 9.36. The third-order valence-electron chi connectivity index (χ3n) is 4.67. The molecule has 6 heteroatoms. The molecule has 3 rings (SSSR count). The summed E-state index contributed by atoms with van der Waals surface area (Å²) in [5.74, 6) is 2.40. The van der Waals surface area contributed by atoms with E-state index in [1.165, 1.54) is 6.08 Å². The van der Waals surface area contributed by atoms with Crippen molar-refractivity contribution in [2.24, 2.45) is 0 Å². The lowest BCUT2D eigenvalue weighted by Crippen LogP contribution is -2.20. The van der Waals surface area contributed by atoms with Gasteiger partial charge in [-0.25, -0.2) is 0 Å². The van der Waals surface area contributed by atoms with Crippen LogP contribution in [0.25, 0.3) is 17.0 Å². The number of fused-ring (bicyclic) bond motifs is 1. The van der Waals surface area contributed by atoms with Crippen LogP contribution in [0.1, 0.15) is 23.8 Å². The monoisotopic (exact) mass is 395 g/mol. The molecule has 0 aliphatic heterocycles. The van der Waals surface area contributed by atoms with Gasteiger partial charge in [0.1, 0.15) is 17.1 Å². The molecule has 3 aromatic rings. The van der Waals surface area contributed by atoms with E-state index < -0.39 is 0 Å². The van der Waals surface area contributed by atoms with Crippen LogP contribution in [0.2, 0.25) is 0 Å². The second kappa shape index (κ2) is 9.19. The number of rotatable bonds is 8. The number of furan rings is 1. The number of methoxy groups -OCH3 is 3. The van der Waals surface area contributed by atoms with Gasteiger partial charge in [0, 0.05) is 41.6 Å². The summed E-state index contributed by atoms with van der Waals surface area (Å²) in [6, 6.07) is 11.3. The second-order valence-corrected chi connectivity index (χ2v) is 6.36. The van der Waals surface area contributed by atoms with Gasteiger partial charge < -0.3 is 23.9 Å². The summed E-state index contributed by atoms with van der Waals surface area (Å²) >= 11 is 0. The lowest BCUT2D eigenvalue weighted by molar-refractivity contribution is -0.116. The predicted molar refractivity (Wildman–Crippen MR) is 113 cm³/mol. The molecule has 152 valence electrons. The van der Waals surface area contributed by atoms with Gasteiger partial charge in [-0.3, -0.25) is 4.79 Å². The van der Waals surface area contributed by atoms with Gasteiger partial charge >= 0.3 is 0 Å². The van der Waals surface area contributed by atoms with E-state index in [9.17, 15) is 4.79 Å². The number of hydrogen-bond acceptors (Lipinski definition) is 5. The highest BCUT2D eigenvalue weighted by atomic mass is 16.5. The fourth-order valence-electron chi connectivity index (χ4n) is 3.19. The van der Waals surface area contributed by atoms with Crippen molar-refractivity contribution in [1.82, 2.24) is 5.32 Å². The molecule has 0 aliphatic rings. The number of para-hydroxylation sites is 1. The zero-order chi connectivity index (χ0) is 20.8. The van der Waals surface area contributed by atoms with E-state index >= 15 is 0 Å². The van der Waals surface area contributed by atoms with Gasteiger partial charge in [-0.05, 0) is 18.2 Å². The maximum atomic E-state index is 12.4. The van der Waals surface area contributed by atoms with Crippen molar-refractivity contribution in [1.29, 1.82) is 0 Å². The quantitative estimate of drug-likeness (QED) is 0.574. The standard InChI is InChI=1S/C23H25NO5/c1-5-18-17(16-8-6-7-9-19(16)29-18)10-11-23(25)24-14-15-12-21(27-3)22(28-4)13-20(15)26-2/h6-13H,5,14H2,1-4H3,(H,24,25)/b11-10+. The van der Waals surface area contributed by atoms with E-state index in [-0.39, 0.29) is 5.91 Å². The zero-order valence-corrected chi connectivity index (χ0v) is 17.1. The molecule has 0 fully saturated rings. The highest BCUT2D eigenvalue weighted by Gasteiger charge is 2.13. The number of carbonyl (C=O) groups excluding carboxylic acids is 1. The van der Waals surface area contributed by atoms with Crippen LogP contribution in [-0.2, 0) is 17.8 Å². The zero-order valence-electron chi connectivity index (χ0n) is 17.1. The average Bonchev–Trinajstić information content (AvgIpc) is 3.13. The maximum absolute atomic E-state index is 12.4. The number of benzene rings is 2. The number of carbonyl (C=O) groups is 1. The van der Waals surface area contributed by atoms with Crippen molar-refractivity contribution >= 4 is 23.0 Å². The van der Waals surface area contributed by atoms with Crippen molar-refractivity contribution in [3.05, 3.63) is 59.4 Å². The highest BCUT2D eigenvalue weighted by Crippen LogP contribution is 2.34. The fourth-order valence-corrected chi connectivity index (χ4v) is 3.19. The largest absolute Gasteiger partial charge is 0.496 e. The van der Waals surface area contributed by atoms with Crippen LogP contribution in [0.15, 0.2) is 46.9 Å². The molecular formula is C23H25NO5. The first-order chi connectivity index (χ1) is 14.1. The van der Waals surface area contributed by atoms with Gasteiger partial charge in [-0.15, -0.1) is 0 Å². The molecule has 0 atom stereocenters. The Balaban J connectivity index is 1.75. The first kappa shape index (κ1) is 20.3. The summed E-state index contributed by atoms with van der Waals surface area (Å²) in [5, 5.41) is 3.87. The number of ether oxygens (including phenoxy) is 3. The Morgan fingerprint density at radius 2 is 1.72 bits per heavy atom. The van der Waals surface area contributed by atoms with Crippen molar-refractivity contribution in [3.8, 4) is 17.2 Å². The Labute approximate surface area is 170 Å². The van der Waals surface area contributed by atoms with Gasteiger partial charge in [0.25, 0.3) is 0 Å². The Bertz CT molecular complexity index is 1040. The summed E-state index contributed by atoms with van der Waals surface area (Å²) in [4.78, 5) is 12.4. The van der Waals surface area contributed by atoms with Crippen LogP contribution in [0.3, 0.4) is 0 Å². The van der Waals surface area contributed by atoms with E-state index in [0.717, 1.165) is 34.3 Å². The van der Waals surface area contributed by atoms with Crippen molar-refractivity contribution in [2.75, 3.05) is 21.3 Å². The van der Waals surface area contributed by atoms with Gasteiger partial charge in [0.15, 0.2) is 11.5 Å². The molecule has 6 nitrogen and oxygen atoms in total. The van der Waals surface area contributed by atoms with Crippen LogP contribution in [0, 0.1) is 0 Å². The smallest absolute Gasteiger partial charge is 0.244 e. The minimum atomic E-state index is -0.214.